The van der Waals surface area contributed by atoms with Gasteiger partial charge < -0.3 is 0 Å². The minimum absolute atomic E-state index is 0.692. The molecule has 0 radical (unpaired) electrons. The van der Waals surface area contributed by atoms with Crippen LogP contribution < -0.4 is 0 Å². The van der Waals surface area contributed by atoms with Gasteiger partial charge in [0.05, 0.1) is 0 Å². The average molecular weight is 154 g/mol. The highest BCUT2D eigenvalue weighted by Gasteiger charge is 2.03. The van der Waals surface area contributed by atoms with Gasteiger partial charge in [-0.15, -0.1) is 11.3 Å². The Labute approximate surface area is 66.9 Å². The highest BCUT2D eigenvalue weighted by atomic mass is 32.1. The van der Waals surface area contributed by atoms with Crippen LogP contribution in [0.1, 0.15) is 35.1 Å². The summed E-state index contributed by atoms with van der Waals surface area (Å²) in [6.07, 6.45) is 0. The van der Waals surface area contributed by atoms with E-state index >= 15 is 0 Å². The van der Waals surface area contributed by atoms with E-state index in [4.69, 9.17) is 0 Å². The van der Waals surface area contributed by atoms with Crippen molar-refractivity contribution in [1.82, 2.24) is 0 Å². The second kappa shape index (κ2) is 2.75. The van der Waals surface area contributed by atoms with Crippen molar-refractivity contribution in [3.8, 4) is 0 Å². The Kier molecular flexibility index (Phi) is 2.14. The van der Waals surface area contributed by atoms with Crippen molar-refractivity contribution in [2.24, 2.45) is 0 Å². The van der Waals surface area contributed by atoms with Gasteiger partial charge >= 0.3 is 0 Å². The van der Waals surface area contributed by atoms with Gasteiger partial charge in [-0.05, 0) is 31.4 Å². The zero-order valence-corrected chi connectivity index (χ0v) is 7.88. The minimum atomic E-state index is 0.692. The Hall–Kier alpha value is -0.300. The topological polar surface area (TPSA) is 0 Å². The fourth-order valence-electron chi connectivity index (χ4n) is 0.886. The lowest BCUT2D eigenvalue weighted by Crippen LogP contribution is -1.77. The standard InChI is InChI=1S/C9H14S/c1-6(2)9-5-7(3)8(4)10-9/h5-6H,1-4H3. The highest BCUT2D eigenvalue weighted by Crippen LogP contribution is 2.26. The van der Waals surface area contributed by atoms with E-state index in [0.29, 0.717) is 5.92 Å². The maximum absolute atomic E-state index is 2.30. The van der Waals surface area contributed by atoms with Gasteiger partial charge in [0.25, 0.3) is 0 Å². The molecule has 1 aromatic heterocycles. The van der Waals surface area contributed by atoms with Gasteiger partial charge in [-0.2, -0.15) is 0 Å². The molecule has 0 saturated carbocycles. The zero-order chi connectivity index (χ0) is 7.72. The number of hydrogen-bond acceptors (Lipinski definition) is 1. The van der Waals surface area contributed by atoms with E-state index in [1.807, 2.05) is 11.3 Å². The molecule has 0 atom stereocenters. The van der Waals surface area contributed by atoms with Crippen molar-refractivity contribution in [2.45, 2.75) is 33.6 Å². The second-order valence-electron chi connectivity index (χ2n) is 3.04. The molecule has 0 bridgehead atoms. The minimum Gasteiger partial charge on any atom is -0.145 e. The summed E-state index contributed by atoms with van der Waals surface area (Å²) in [5.41, 5.74) is 1.44. The monoisotopic (exact) mass is 154 g/mol. The average Bonchev–Trinajstić information content (AvgIpc) is 2.13. The lowest BCUT2D eigenvalue weighted by atomic mass is 10.1. The van der Waals surface area contributed by atoms with Crippen LogP contribution in [0.3, 0.4) is 0 Å². The van der Waals surface area contributed by atoms with E-state index in [2.05, 4.69) is 33.8 Å². The largest absolute Gasteiger partial charge is 0.145 e. The Morgan fingerprint density at radius 2 is 1.90 bits per heavy atom. The Morgan fingerprint density at radius 3 is 2.10 bits per heavy atom. The molecule has 0 spiro atoms. The number of rotatable bonds is 1. The first-order valence-electron chi connectivity index (χ1n) is 3.68. The van der Waals surface area contributed by atoms with E-state index in [-0.39, 0.29) is 0 Å². The van der Waals surface area contributed by atoms with Gasteiger partial charge in [0.15, 0.2) is 0 Å². The van der Waals surface area contributed by atoms with Crippen molar-refractivity contribution in [3.05, 3.63) is 21.4 Å². The third-order valence-electron chi connectivity index (χ3n) is 1.75. The fraction of sp³-hybridized carbons (Fsp3) is 0.556. The molecule has 0 N–H and O–H groups in total. The first-order chi connectivity index (χ1) is 4.61. The van der Waals surface area contributed by atoms with Gasteiger partial charge in [-0.25, -0.2) is 0 Å². The van der Waals surface area contributed by atoms with Gasteiger partial charge in [-0.3, -0.25) is 0 Å². The molecule has 0 aliphatic rings. The molecule has 1 aromatic rings. The van der Waals surface area contributed by atoms with Crippen LogP contribution in [-0.2, 0) is 0 Å². The lowest BCUT2D eigenvalue weighted by molar-refractivity contribution is 0.889. The molecule has 10 heavy (non-hydrogen) atoms. The van der Waals surface area contributed by atoms with Crippen LogP contribution in [0.4, 0.5) is 0 Å². The van der Waals surface area contributed by atoms with Gasteiger partial charge in [0.1, 0.15) is 0 Å². The van der Waals surface area contributed by atoms with Crippen molar-refractivity contribution >= 4 is 11.3 Å². The van der Waals surface area contributed by atoms with Crippen molar-refractivity contribution in [1.29, 1.82) is 0 Å². The van der Waals surface area contributed by atoms with Crippen LogP contribution in [-0.4, -0.2) is 0 Å². The van der Waals surface area contributed by atoms with Crippen LogP contribution in [0.25, 0.3) is 0 Å². The smallest absolute Gasteiger partial charge is 0.00762 e. The molecule has 0 aliphatic carbocycles. The summed E-state index contributed by atoms with van der Waals surface area (Å²) in [4.78, 5) is 2.97. The summed E-state index contributed by atoms with van der Waals surface area (Å²) >= 11 is 1.92. The van der Waals surface area contributed by atoms with Crippen LogP contribution >= 0.6 is 11.3 Å². The molecule has 0 aliphatic heterocycles. The second-order valence-corrected chi connectivity index (χ2v) is 4.33. The van der Waals surface area contributed by atoms with E-state index < -0.39 is 0 Å². The lowest BCUT2D eigenvalue weighted by Gasteiger charge is -1.96. The normalized spacial score (nSPS) is 10.9. The molecule has 0 saturated heterocycles. The van der Waals surface area contributed by atoms with Crippen molar-refractivity contribution < 1.29 is 0 Å². The third kappa shape index (κ3) is 1.40. The molecular formula is C9H14S. The predicted octanol–water partition coefficient (Wildman–Crippen LogP) is 3.49. The summed E-state index contributed by atoms with van der Waals surface area (Å²) < 4.78 is 0. The molecule has 56 valence electrons. The molecule has 1 heteroatoms. The van der Waals surface area contributed by atoms with Gasteiger partial charge in [-0.1, -0.05) is 13.8 Å². The Bertz CT molecular complexity index is 201. The van der Waals surface area contributed by atoms with Crippen molar-refractivity contribution in [3.63, 3.8) is 0 Å². The summed E-state index contributed by atoms with van der Waals surface area (Å²) in [5.74, 6) is 0.692. The van der Waals surface area contributed by atoms with Crippen LogP contribution in [0.2, 0.25) is 0 Å². The van der Waals surface area contributed by atoms with Crippen LogP contribution in [0, 0.1) is 13.8 Å². The maximum Gasteiger partial charge on any atom is 0.00762 e. The summed E-state index contributed by atoms with van der Waals surface area (Å²) in [6, 6.07) is 2.30. The summed E-state index contributed by atoms with van der Waals surface area (Å²) in [5, 5.41) is 0. The molecular weight excluding hydrogens is 140 g/mol. The summed E-state index contributed by atoms with van der Waals surface area (Å²) in [7, 11) is 0. The Morgan fingerprint density at radius 1 is 1.30 bits per heavy atom. The van der Waals surface area contributed by atoms with Gasteiger partial charge in [0.2, 0.25) is 0 Å². The fourth-order valence-corrected chi connectivity index (χ4v) is 1.93. The number of thiophene rings is 1. The molecule has 0 fully saturated rings. The number of hydrogen-bond donors (Lipinski definition) is 0. The molecule has 0 nitrogen and oxygen atoms in total. The predicted molar refractivity (Wildman–Crippen MR) is 47.9 cm³/mol. The number of aryl methyl sites for hydroxylation is 2. The SMILES string of the molecule is Cc1cc(C(C)C)sc1C. The van der Waals surface area contributed by atoms with Crippen molar-refractivity contribution in [2.75, 3.05) is 0 Å². The first-order valence-corrected chi connectivity index (χ1v) is 4.50. The third-order valence-corrected chi connectivity index (χ3v) is 3.21. The quantitative estimate of drug-likeness (QED) is 0.581. The van der Waals surface area contributed by atoms with Gasteiger partial charge in [0, 0.05) is 9.75 Å². The maximum atomic E-state index is 2.30. The van der Waals surface area contributed by atoms with E-state index in [0.717, 1.165) is 0 Å². The zero-order valence-electron chi connectivity index (χ0n) is 7.06. The highest BCUT2D eigenvalue weighted by molar-refractivity contribution is 7.12. The molecule has 0 aromatic carbocycles. The first kappa shape index (κ1) is 7.80. The van der Waals surface area contributed by atoms with E-state index in [9.17, 15) is 0 Å². The van der Waals surface area contributed by atoms with E-state index in [1.165, 1.54) is 15.3 Å². The van der Waals surface area contributed by atoms with E-state index in [1.54, 1.807) is 0 Å². The summed E-state index contributed by atoms with van der Waals surface area (Å²) in [6.45, 7) is 8.85. The molecule has 1 rings (SSSR count). The van der Waals surface area contributed by atoms with Crippen LogP contribution in [0.5, 0.6) is 0 Å². The molecule has 0 unspecified atom stereocenters. The molecule has 0 amide bonds. The Balaban J connectivity index is 2.98. The molecule has 1 heterocycles. The van der Waals surface area contributed by atoms with Crippen LogP contribution in [0.15, 0.2) is 6.07 Å².